The zero-order valence-corrected chi connectivity index (χ0v) is 12.1. The van der Waals surface area contributed by atoms with Crippen LogP contribution in [0.4, 0.5) is 5.69 Å². The monoisotopic (exact) mass is 270 g/mol. The number of anilines is 1. The molecule has 2 aliphatic rings. The Kier molecular flexibility index (Phi) is 2.93. The number of piperazine rings is 1. The molecule has 0 amide bonds. The molecule has 0 unspecified atom stereocenters. The van der Waals surface area contributed by atoms with E-state index in [0.29, 0.717) is 0 Å². The molecule has 1 aromatic heterocycles. The summed E-state index contributed by atoms with van der Waals surface area (Å²) in [6.07, 6.45) is 1.14. The van der Waals surface area contributed by atoms with Crippen LogP contribution in [0.2, 0.25) is 0 Å². The Morgan fingerprint density at radius 3 is 2.80 bits per heavy atom. The highest BCUT2D eigenvalue weighted by Crippen LogP contribution is 2.30. The molecule has 4 rings (SSSR count). The van der Waals surface area contributed by atoms with E-state index < -0.39 is 0 Å². The Labute approximate surface area is 119 Å². The second-order valence-electron chi connectivity index (χ2n) is 6.04. The van der Waals surface area contributed by atoms with Crippen molar-refractivity contribution in [2.24, 2.45) is 0 Å². The van der Waals surface area contributed by atoms with Crippen LogP contribution >= 0.6 is 0 Å². The van der Waals surface area contributed by atoms with Crippen molar-refractivity contribution in [2.75, 3.05) is 44.7 Å². The number of hydrogen-bond donors (Lipinski definition) is 2. The number of hydrogen-bond acceptors (Lipinski definition) is 3. The molecule has 0 spiro atoms. The summed E-state index contributed by atoms with van der Waals surface area (Å²) in [5.41, 5.74) is 5.61. The fourth-order valence-electron chi connectivity index (χ4n) is 3.46. The van der Waals surface area contributed by atoms with E-state index in [4.69, 9.17) is 0 Å². The van der Waals surface area contributed by atoms with Gasteiger partial charge in [-0.25, -0.2) is 0 Å². The maximum Gasteiger partial charge on any atom is 0.0460 e. The molecule has 2 aromatic rings. The number of aromatic nitrogens is 1. The van der Waals surface area contributed by atoms with E-state index in [2.05, 4.69) is 45.3 Å². The maximum absolute atomic E-state index is 3.61. The summed E-state index contributed by atoms with van der Waals surface area (Å²) < 4.78 is 0. The second kappa shape index (κ2) is 4.79. The van der Waals surface area contributed by atoms with Crippen molar-refractivity contribution in [2.45, 2.75) is 13.0 Å². The quantitative estimate of drug-likeness (QED) is 0.825. The van der Waals surface area contributed by atoms with Gasteiger partial charge < -0.3 is 20.1 Å². The Morgan fingerprint density at radius 1 is 1.10 bits per heavy atom. The van der Waals surface area contributed by atoms with E-state index in [1.54, 1.807) is 0 Å². The minimum absolute atomic E-state index is 1.07. The van der Waals surface area contributed by atoms with Crippen LogP contribution in [0.5, 0.6) is 0 Å². The lowest BCUT2D eigenvalue weighted by atomic mass is 10.0. The number of nitrogens with zero attached hydrogens (tertiary/aromatic N) is 2. The average Bonchev–Trinajstić information content (AvgIpc) is 2.85. The minimum atomic E-state index is 1.07. The van der Waals surface area contributed by atoms with Crippen molar-refractivity contribution in [3.05, 3.63) is 29.5 Å². The highest BCUT2D eigenvalue weighted by molar-refractivity contribution is 5.88. The van der Waals surface area contributed by atoms with Gasteiger partial charge in [-0.1, -0.05) is 0 Å². The third-order valence-electron chi connectivity index (χ3n) is 4.63. The third kappa shape index (κ3) is 2.00. The number of fused-ring (bicyclic) bond motifs is 3. The van der Waals surface area contributed by atoms with E-state index in [1.165, 1.54) is 27.8 Å². The van der Waals surface area contributed by atoms with Crippen LogP contribution in [0, 0.1) is 0 Å². The van der Waals surface area contributed by atoms with E-state index >= 15 is 0 Å². The number of H-pyrrole nitrogens is 1. The fourth-order valence-corrected chi connectivity index (χ4v) is 3.46. The number of benzene rings is 1. The van der Waals surface area contributed by atoms with Gasteiger partial charge in [-0.05, 0) is 30.8 Å². The smallest absolute Gasteiger partial charge is 0.0460 e. The number of likely N-dealkylation sites (N-methyl/N-ethyl adjacent to an activating group) is 1. The Balaban J connectivity index is 1.76. The molecule has 0 bridgehead atoms. The van der Waals surface area contributed by atoms with E-state index in [0.717, 1.165) is 45.7 Å². The molecule has 2 N–H and O–H groups in total. The first-order valence-electron chi connectivity index (χ1n) is 7.59. The summed E-state index contributed by atoms with van der Waals surface area (Å²) in [6.45, 7) is 6.62. The number of rotatable bonds is 1. The Hall–Kier alpha value is -1.52. The van der Waals surface area contributed by atoms with Gasteiger partial charge in [-0.2, -0.15) is 0 Å². The van der Waals surface area contributed by atoms with Crippen molar-refractivity contribution < 1.29 is 0 Å². The summed E-state index contributed by atoms with van der Waals surface area (Å²) in [5.74, 6) is 0. The number of nitrogens with one attached hydrogen (secondary N) is 2. The van der Waals surface area contributed by atoms with Crippen molar-refractivity contribution in [3.63, 3.8) is 0 Å². The number of aromatic amines is 1. The van der Waals surface area contributed by atoms with Gasteiger partial charge in [0.1, 0.15) is 0 Å². The molecule has 2 aliphatic heterocycles. The van der Waals surface area contributed by atoms with Gasteiger partial charge in [0.2, 0.25) is 0 Å². The molecule has 106 valence electrons. The summed E-state index contributed by atoms with van der Waals surface area (Å²) in [5, 5.41) is 4.84. The second-order valence-corrected chi connectivity index (χ2v) is 6.04. The molecule has 0 aliphatic carbocycles. The maximum atomic E-state index is 3.61. The summed E-state index contributed by atoms with van der Waals surface area (Å²) >= 11 is 0. The molecule has 0 saturated carbocycles. The van der Waals surface area contributed by atoms with Gasteiger partial charge in [0.15, 0.2) is 0 Å². The van der Waals surface area contributed by atoms with Crippen molar-refractivity contribution in [1.82, 2.24) is 15.2 Å². The van der Waals surface area contributed by atoms with Crippen LogP contribution < -0.4 is 10.2 Å². The average molecular weight is 270 g/mol. The highest BCUT2D eigenvalue weighted by Gasteiger charge is 2.19. The lowest BCUT2D eigenvalue weighted by Gasteiger charge is -2.29. The van der Waals surface area contributed by atoms with Crippen molar-refractivity contribution >= 4 is 16.6 Å². The zero-order valence-electron chi connectivity index (χ0n) is 12.1. The van der Waals surface area contributed by atoms with Crippen LogP contribution in [0.15, 0.2) is 18.2 Å². The molecule has 1 saturated heterocycles. The highest BCUT2D eigenvalue weighted by atomic mass is 15.2. The van der Waals surface area contributed by atoms with Gasteiger partial charge in [0.25, 0.3) is 0 Å². The molecule has 4 heteroatoms. The summed E-state index contributed by atoms with van der Waals surface area (Å²) in [4.78, 5) is 8.51. The SMILES string of the molecule is CN1CCc2[nH]c3ccc(N4CCNCC4)cc3c2C1. The topological polar surface area (TPSA) is 34.3 Å². The van der Waals surface area contributed by atoms with Crippen molar-refractivity contribution in [1.29, 1.82) is 0 Å². The van der Waals surface area contributed by atoms with Gasteiger partial charge in [-0.3, -0.25) is 0 Å². The summed E-state index contributed by atoms with van der Waals surface area (Å²) in [7, 11) is 2.21. The predicted octanol–water partition coefficient (Wildman–Crippen LogP) is 1.57. The molecule has 0 atom stereocenters. The zero-order chi connectivity index (χ0) is 13.5. The first kappa shape index (κ1) is 12.2. The standard InChI is InChI=1S/C16H22N4/c1-19-7-4-16-14(11-19)13-10-12(2-3-15(13)18-16)20-8-5-17-6-9-20/h2-3,10,17-18H,4-9,11H2,1H3. The Bertz CT molecular complexity index is 625. The first-order valence-corrected chi connectivity index (χ1v) is 7.59. The van der Waals surface area contributed by atoms with Crippen LogP contribution in [0.25, 0.3) is 10.9 Å². The fraction of sp³-hybridized carbons (Fsp3) is 0.500. The van der Waals surface area contributed by atoms with Gasteiger partial charge in [-0.15, -0.1) is 0 Å². The van der Waals surface area contributed by atoms with E-state index in [1.807, 2.05) is 0 Å². The van der Waals surface area contributed by atoms with E-state index in [-0.39, 0.29) is 0 Å². The normalized spacial score (nSPS) is 20.4. The third-order valence-corrected chi connectivity index (χ3v) is 4.63. The van der Waals surface area contributed by atoms with Crippen LogP contribution in [-0.4, -0.2) is 49.7 Å². The van der Waals surface area contributed by atoms with E-state index in [9.17, 15) is 0 Å². The molecular weight excluding hydrogens is 248 g/mol. The minimum Gasteiger partial charge on any atom is -0.369 e. The molecule has 1 aromatic carbocycles. The molecular formula is C16H22N4. The van der Waals surface area contributed by atoms with Crippen LogP contribution in [0.1, 0.15) is 11.3 Å². The lowest BCUT2D eigenvalue weighted by Crippen LogP contribution is -2.43. The Morgan fingerprint density at radius 2 is 1.95 bits per heavy atom. The van der Waals surface area contributed by atoms with Crippen LogP contribution in [0.3, 0.4) is 0 Å². The first-order chi connectivity index (χ1) is 9.81. The molecule has 1 fully saturated rings. The van der Waals surface area contributed by atoms with Gasteiger partial charge >= 0.3 is 0 Å². The predicted molar refractivity (Wildman–Crippen MR) is 83.4 cm³/mol. The van der Waals surface area contributed by atoms with Crippen LogP contribution in [-0.2, 0) is 13.0 Å². The lowest BCUT2D eigenvalue weighted by molar-refractivity contribution is 0.313. The van der Waals surface area contributed by atoms with Gasteiger partial charge in [0.05, 0.1) is 0 Å². The molecule has 0 radical (unpaired) electrons. The molecule has 4 nitrogen and oxygen atoms in total. The van der Waals surface area contributed by atoms with Gasteiger partial charge in [0, 0.05) is 68.0 Å². The molecule has 20 heavy (non-hydrogen) atoms. The summed E-state index contributed by atoms with van der Waals surface area (Å²) in [6, 6.07) is 6.90. The largest absolute Gasteiger partial charge is 0.369 e. The molecule has 3 heterocycles. The van der Waals surface area contributed by atoms with Crippen molar-refractivity contribution in [3.8, 4) is 0 Å².